The maximum absolute atomic E-state index is 11.4. The quantitative estimate of drug-likeness (QED) is 0.756. The third-order valence-electron chi connectivity index (χ3n) is 2.72. The van der Waals surface area contributed by atoms with Crippen molar-refractivity contribution in [1.82, 2.24) is 4.90 Å². The molecule has 0 aliphatic carbocycles. The predicted molar refractivity (Wildman–Crippen MR) is 57.2 cm³/mol. The van der Waals surface area contributed by atoms with E-state index in [0.29, 0.717) is 6.54 Å². The lowest BCUT2D eigenvalue weighted by Gasteiger charge is -2.34. The molecule has 76 valence electrons. The Labute approximate surface area is 87.5 Å². The van der Waals surface area contributed by atoms with E-state index in [-0.39, 0.29) is 11.9 Å². The third kappa shape index (κ3) is 1.44. The molecular formula is C10H14N2OS. The molecule has 0 radical (unpaired) electrons. The zero-order valence-electron chi connectivity index (χ0n) is 8.19. The normalized spacial score (nSPS) is 20.7. The molecule has 0 saturated carbocycles. The first kappa shape index (κ1) is 9.68. The van der Waals surface area contributed by atoms with Gasteiger partial charge in [-0.1, -0.05) is 0 Å². The molecule has 0 bridgehead atoms. The smallest absolute Gasteiger partial charge is 0.220 e. The van der Waals surface area contributed by atoms with E-state index >= 15 is 0 Å². The second kappa shape index (κ2) is 3.71. The van der Waals surface area contributed by atoms with Crippen molar-refractivity contribution in [1.29, 1.82) is 0 Å². The summed E-state index contributed by atoms with van der Waals surface area (Å²) < 4.78 is 0. The van der Waals surface area contributed by atoms with Gasteiger partial charge in [0.1, 0.15) is 0 Å². The molecule has 0 spiro atoms. The van der Waals surface area contributed by atoms with Gasteiger partial charge in [-0.05, 0) is 23.4 Å². The predicted octanol–water partition coefficient (Wildman–Crippen LogP) is 1.15. The van der Waals surface area contributed by atoms with Crippen LogP contribution in [-0.4, -0.2) is 23.9 Å². The van der Waals surface area contributed by atoms with Crippen molar-refractivity contribution in [3.05, 3.63) is 21.9 Å². The Hall–Kier alpha value is -0.870. The minimum atomic E-state index is 0.0995. The summed E-state index contributed by atoms with van der Waals surface area (Å²) in [6, 6.07) is 2.19. The summed E-state index contributed by atoms with van der Waals surface area (Å²) in [7, 11) is 0. The van der Waals surface area contributed by atoms with E-state index in [1.807, 2.05) is 4.90 Å². The molecule has 1 unspecified atom stereocenters. The van der Waals surface area contributed by atoms with Gasteiger partial charge in [0, 0.05) is 24.9 Å². The highest BCUT2D eigenvalue weighted by Crippen LogP contribution is 2.32. The average molecular weight is 210 g/mol. The van der Waals surface area contributed by atoms with E-state index in [0.717, 1.165) is 13.0 Å². The molecule has 2 N–H and O–H groups in total. The first-order chi connectivity index (χ1) is 6.74. The van der Waals surface area contributed by atoms with Gasteiger partial charge in [-0.2, -0.15) is 0 Å². The van der Waals surface area contributed by atoms with Crippen molar-refractivity contribution >= 4 is 17.2 Å². The Kier molecular flexibility index (Phi) is 2.56. The number of nitrogens with two attached hydrogens (primary N) is 1. The van der Waals surface area contributed by atoms with Gasteiger partial charge in [0.2, 0.25) is 5.91 Å². The zero-order chi connectivity index (χ0) is 10.1. The summed E-state index contributed by atoms with van der Waals surface area (Å²) >= 11 is 1.76. The number of nitrogens with zero attached hydrogens (tertiary/aromatic N) is 1. The SMILES string of the molecule is CC(=O)N1CCc2sccc2C1CN. The highest BCUT2D eigenvalue weighted by molar-refractivity contribution is 7.10. The average Bonchev–Trinajstić information content (AvgIpc) is 2.63. The van der Waals surface area contributed by atoms with Crippen LogP contribution in [0.2, 0.25) is 0 Å². The Balaban J connectivity index is 2.34. The van der Waals surface area contributed by atoms with Gasteiger partial charge in [-0.25, -0.2) is 0 Å². The molecule has 14 heavy (non-hydrogen) atoms. The summed E-state index contributed by atoms with van der Waals surface area (Å²) in [5.74, 6) is 0.123. The van der Waals surface area contributed by atoms with E-state index in [4.69, 9.17) is 5.73 Å². The zero-order valence-corrected chi connectivity index (χ0v) is 9.01. The van der Waals surface area contributed by atoms with E-state index < -0.39 is 0 Å². The van der Waals surface area contributed by atoms with Gasteiger partial charge < -0.3 is 10.6 Å². The second-order valence-corrected chi connectivity index (χ2v) is 4.51. The molecule has 1 aromatic rings. The summed E-state index contributed by atoms with van der Waals surface area (Å²) in [5.41, 5.74) is 6.97. The minimum absolute atomic E-state index is 0.0995. The molecule has 0 saturated heterocycles. The third-order valence-corrected chi connectivity index (χ3v) is 3.72. The van der Waals surface area contributed by atoms with Crippen LogP contribution in [0.15, 0.2) is 11.4 Å². The van der Waals surface area contributed by atoms with Crippen LogP contribution in [0.5, 0.6) is 0 Å². The molecule has 1 aliphatic rings. The number of thiophene rings is 1. The van der Waals surface area contributed by atoms with Crippen LogP contribution < -0.4 is 5.73 Å². The molecule has 4 heteroatoms. The van der Waals surface area contributed by atoms with Gasteiger partial charge in [0.25, 0.3) is 0 Å². The largest absolute Gasteiger partial charge is 0.334 e. The molecule has 3 nitrogen and oxygen atoms in total. The molecule has 0 fully saturated rings. The molecule has 1 aliphatic heterocycles. The molecule has 2 heterocycles. The van der Waals surface area contributed by atoms with Crippen molar-refractivity contribution in [2.24, 2.45) is 5.73 Å². The van der Waals surface area contributed by atoms with E-state index in [1.165, 1.54) is 10.4 Å². The highest BCUT2D eigenvalue weighted by atomic mass is 32.1. The lowest BCUT2D eigenvalue weighted by molar-refractivity contribution is -0.131. The Morgan fingerprint density at radius 2 is 2.57 bits per heavy atom. The van der Waals surface area contributed by atoms with Gasteiger partial charge in [0.05, 0.1) is 6.04 Å². The van der Waals surface area contributed by atoms with Crippen LogP contribution in [0, 0.1) is 0 Å². The summed E-state index contributed by atoms with van der Waals surface area (Å²) in [6.07, 6.45) is 0.975. The Morgan fingerprint density at radius 3 is 3.21 bits per heavy atom. The minimum Gasteiger partial charge on any atom is -0.334 e. The molecule has 1 amide bonds. The number of hydrogen-bond donors (Lipinski definition) is 1. The number of amides is 1. The van der Waals surface area contributed by atoms with Crippen LogP contribution in [0.4, 0.5) is 0 Å². The molecule has 0 aromatic carbocycles. The van der Waals surface area contributed by atoms with E-state index in [1.54, 1.807) is 18.3 Å². The van der Waals surface area contributed by atoms with Crippen LogP contribution in [0.3, 0.4) is 0 Å². The van der Waals surface area contributed by atoms with Gasteiger partial charge in [-0.3, -0.25) is 4.79 Å². The fourth-order valence-corrected chi connectivity index (χ4v) is 2.96. The van der Waals surface area contributed by atoms with Crippen molar-refractivity contribution in [3.63, 3.8) is 0 Å². The Bertz CT molecular complexity index is 348. The summed E-state index contributed by atoms with van der Waals surface area (Å²) in [5, 5.41) is 2.08. The van der Waals surface area contributed by atoms with Crippen LogP contribution in [-0.2, 0) is 11.2 Å². The van der Waals surface area contributed by atoms with Gasteiger partial charge in [-0.15, -0.1) is 11.3 Å². The van der Waals surface area contributed by atoms with E-state index in [9.17, 15) is 4.79 Å². The van der Waals surface area contributed by atoms with Crippen molar-refractivity contribution in [2.75, 3.05) is 13.1 Å². The van der Waals surface area contributed by atoms with Gasteiger partial charge >= 0.3 is 0 Å². The molecule has 2 rings (SSSR count). The molecular weight excluding hydrogens is 196 g/mol. The number of carbonyl (C=O) groups is 1. The Morgan fingerprint density at radius 1 is 1.79 bits per heavy atom. The molecule has 1 atom stereocenters. The monoisotopic (exact) mass is 210 g/mol. The maximum Gasteiger partial charge on any atom is 0.220 e. The lowest BCUT2D eigenvalue weighted by Crippen LogP contribution is -2.41. The first-order valence-corrected chi connectivity index (χ1v) is 5.65. The number of carbonyl (C=O) groups excluding carboxylic acids is 1. The standard InChI is InChI=1S/C10H14N2OS/c1-7(13)12-4-2-10-8(3-5-14-10)9(12)6-11/h3,5,9H,2,4,6,11H2,1H3. The van der Waals surface area contributed by atoms with Crippen molar-refractivity contribution in [3.8, 4) is 0 Å². The van der Waals surface area contributed by atoms with Crippen molar-refractivity contribution in [2.45, 2.75) is 19.4 Å². The lowest BCUT2D eigenvalue weighted by atomic mass is 10.0. The van der Waals surface area contributed by atoms with Gasteiger partial charge in [0.15, 0.2) is 0 Å². The summed E-state index contributed by atoms with van der Waals surface area (Å²) in [4.78, 5) is 14.6. The van der Waals surface area contributed by atoms with Crippen LogP contribution >= 0.6 is 11.3 Å². The number of rotatable bonds is 1. The number of fused-ring (bicyclic) bond motifs is 1. The number of hydrogen-bond acceptors (Lipinski definition) is 3. The van der Waals surface area contributed by atoms with Crippen molar-refractivity contribution < 1.29 is 4.79 Å². The fraction of sp³-hybridized carbons (Fsp3) is 0.500. The fourth-order valence-electron chi connectivity index (χ4n) is 2.03. The maximum atomic E-state index is 11.4. The van der Waals surface area contributed by atoms with Crippen LogP contribution in [0.25, 0.3) is 0 Å². The van der Waals surface area contributed by atoms with E-state index in [2.05, 4.69) is 11.4 Å². The first-order valence-electron chi connectivity index (χ1n) is 4.77. The summed E-state index contributed by atoms with van der Waals surface area (Å²) in [6.45, 7) is 2.94. The second-order valence-electron chi connectivity index (χ2n) is 3.51. The topological polar surface area (TPSA) is 46.3 Å². The van der Waals surface area contributed by atoms with Crippen LogP contribution in [0.1, 0.15) is 23.4 Å². The highest BCUT2D eigenvalue weighted by Gasteiger charge is 2.28. The molecule has 1 aromatic heterocycles.